The van der Waals surface area contributed by atoms with Gasteiger partial charge in [0.2, 0.25) is 5.91 Å². The lowest BCUT2D eigenvalue weighted by Gasteiger charge is -2.26. The average molecular weight is 186 g/mol. The summed E-state index contributed by atoms with van der Waals surface area (Å²) >= 11 is 0. The van der Waals surface area contributed by atoms with Crippen molar-refractivity contribution in [1.29, 1.82) is 0 Å². The first kappa shape index (κ1) is 12.4. The molecule has 3 nitrogen and oxygen atoms in total. The van der Waals surface area contributed by atoms with Crippen LogP contribution >= 0.6 is 0 Å². The maximum absolute atomic E-state index is 11.0. The van der Waals surface area contributed by atoms with Crippen LogP contribution in [0.4, 0.5) is 0 Å². The molecule has 0 aromatic carbocycles. The fourth-order valence-electron chi connectivity index (χ4n) is 1.36. The number of nitrogens with one attached hydrogen (secondary N) is 1. The maximum Gasteiger partial charge on any atom is 0.219 e. The fraction of sp³-hybridized carbons (Fsp3) is 0.900. The van der Waals surface area contributed by atoms with Crippen LogP contribution in [0.25, 0.3) is 0 Å². The van der Waals surface area contributed by atoms with Gasteiger partial charge in [-0.2, -0.15) is 0 Å². The van der Waals surface area contributed by atoms with E-state index >= 15 is 0 Å². The summed E-state index contributed by atoms with van der Waals surface area (Å²) in [6.07, 6.45) is 0.574. The van der Waals surface area contributed by atoms with Gasteiger partial charge in [0, 0.05) is 19.0 Å². The first-order valence-electron chi connectivity index (χ1n) is 5.16. The Kier molecular flexibility index (Phi) is 6.59. The van der Waals surface area contributed by atoms with E-state index < -0.39 is 0 Å². The van der Waals surface area contributed by atoms with Crippen molar-refractivity contribution >= 4 is 5.91 Å². The van der Waals surface area contributed by atoms with Gasteiger partial charge in [-0.3, -0.25) is 9.69 Å². The van der Waals surface area contributed by atoms with E-state index in [4.69, 9.17) is 0 Å². The molecular formula is C10H22N2O. The molecule has 0 saturated heterocycles. The summed E-state index contributed by atoms with van der Waals surface area (Å²) in [7, 11) is 0. The van der Waals surface area contributed by atoms with Crippen LogP contribution in [-0.4, -0.2) is 36.5 Å². The summed E-state index contributed by atoms with van der Waals surface area (Å²) in [4.78, 5) is 13.3. The standard InChI is InChI=1S/C10H22N2O/c1-5-10(13)11-8-9(4)12(6-2)7-3/h9H,5-8H2,1-4H3,(H,11,13). The molecule has 0 fully saturated rings. The molecule has 0 aliphatic rings. The zero-order valence-electron chi connectivity index (χ0n) is 9.26. The molecule has 1 amide bonds. The van der Waals surface area contributed by atoms with Gasteiger partial charge in [-0.05, 0) is 20.0 Å². The van der Waals surface area contributed by atoms with Gasteiger partial charge in [-0.25, -0.2) is 0 Å². The third-order valence-corrected chi connectivity index (χ3v) is 2.35. The second-order valence-corrected chi connectivity index (χ2v) is 3.23. The third-order valence-electron chi connectivity index (χ3n) is 2.35. The van der Waals surface area contributed by atoms with Gasteiger partial charge >= 0.3 is 0 Å². The van der Waals surface area contributed by atoms with E-state index in [1.807, 2.05) is 6.92 Å². The van der Waals surface area contributed by atoms with Crippen LogP contribution in [-0.2, 0) is 4.79 Å². The molecule has 0 aromatic heterocycles. The lowest BCUT2D eigenvalue weighted by Crippen LogP contribution is -2.41. The van der Waals surface area contributed by atoms with E-state index in [0.717, 1.165) is 19.6 Å². The molecule has 0 bridgehead atoms. The number of carbonyl (C=O) groups excluding carboxylic acids is 1. The molecule has 0 heterocycles. The minimum Gasteiger partial charge on any atom is -0.355 e. The Morgan fingerprint density at radius 2 is 1.85 bits per heavy atom. The zero-order valence-corrected chi connectivity index (χ0v) is 9.26. The number of carbonyl (C=O) groups is 1. The highest BCUT2D eigenvalue weighted by Crippen LogP contribution is 1.96. The Morgan fingerprint density at radius 3 is 2.23 bits per heavy atom. The monoisotopic (exact) mass is 186 g/mol. The van der Waals surface area contributed by atoms with Crippen molar-refractivity contribution in [3.8, 4) is 0 Å². The minimum atomic E-state index is 0.138. The second kappa shape index (κ2) is 6.89. The van der Waals surface area contributed by atoms with E-state index in [1.165, 1.54) is 0 Å². The summed E-state index contributed by atoms with van der Waals surface area (Å²) in [6.45, 7) is 11.1. The van der Waals surface area contributed by atoms with Crippen molar-refractivity contribution in [2.45, 2.75) is 40.2 Å². The number of rotatable bonds is 6. The highest BCUT2D eigenvalue weighted by molar-refractivity contribution is 5.75. The van der Waals surface area contributed by atoms with Gasteiger partial charge in [0.1, 0.15) is 0 Å². The van der Waals surface area contributed by atoms with Gasteiger partial charge in [-0.15, -0.1) is 0 Å². The summed E-state index contributed by atoms with van der Waals surface area (Å²) < 4.78 is 0. The lowest BCUT2D eigenvalue weighted by molar-refractivity contribution is -0.121. The van der Waals surface area contributed by atoms with Crippen LogP contribution in [0.5, 0.6) is 0 Å². The van der Waals surface area contributed by atoms with Crippen molar-refractivity contribution in [1.82, 2.24) is 10.2 Å². The van der Waals surface area contributed by atoms with E-state index in [2.05, 4.69) is 31.0 Å². The van der Waals surface area contributed by atoms with Crippen LogP contribution in [0.1, 0.15) is 34.1 Å². The number of amides is 1. The molecule has 0 radical (unpaired) electrons. The Bertz CT molecular complexity index is 144. The third kappa shape index (κ3) is 4.88. The topological polar surface area (TPSA) is 32.3 Å². The summed E-state index contributed by atoms with van der Waals surface area (Å²) in [5.74, 6) is 0.138. The maximum atomic E-state index is 11.0. The largest absolute Gasteiger partial charge is 0.355 e. The Morgan fingerprint density at radius 1 is 1.31 bits per heavy atom. The molecule has 0 aliphatic carbocycles. The SMILES string of the molecule is CCC(=O)NCC(C)N(CC)CC. The molecule has 0 aliphatic heterocycles. The highest BCUT2D eigenvalue weighted by Gasteiger charge is 2.09. The molecule has 78 valence electrons. The number of hydrogen-bond acceptors (Lipinski definition) is 2. The molecule has 3 heteroatoms. The molecular weight excluding hydrogens is 164 g/mol. The van der Waals surface area contributed by atoms with E-state index in [-0.39, 0.29) is 5.91 Å². The molecule has 0 saturated carbocycles. The van der Waals surface area contributed by atoms with Crippen LogP contribution in [0.3, 0.4) is 0 Å². The Labute approximate surface area is 81.5 Å². The van der Waals surface area contributed by atoms with Crippen molar-refractivity contribution in [3.63, 3.8) is 0 Å². The predicted molar refractivity (Wildman–Crippen MR) is 55.7 cm³/mol. The first-order valence-corrected chi connectivity index (χ1v) is 5.16. The van der Waals surface area contributed by atoms with E-state index in [0.29, 0.717) is 12.5 Å². The van der Waals surface area contributed by atoms with Crippen LogP contribution in [0.2, 0.25) is 0 Å². The first-order chi connectivity index (χ1) is 6.15. The van der Waals surface area contributed by atoms with Gasteiger partial charge in [0.15, 0.2) is 0 Å². The molecule has 1 N–H and O–H groups in total. The quantitative estimate of drug-likeness (QED) is 0.677. The minimum absolute atomic E-state index is 0.138. The number of likely N-dealkylation sites (N-methyl/N-ethyl adjacent to an activating group) is 1. The molecule has 1 atom stereocenters. The second-order valence-electron chi connectivity index (χ2n) is 3.23. The molecule has 0 spiro atoms. The van der Waals surface area contributed by atoms with Gasteiger partial charge in [0.25, 0.3) is 0 Å². The summed E-state index contributed by atoms with van der Waals surface area (Å²) in [6, 6.07) is 0.436. The van der Waals surface area contributed by atoms with Crippen molar-refractivity contribution in [2.75, 3.05) is 19.6 Å². The zero-order chi connectivity index (χ0) is 10.3. The Hall–Kier alpha value is -0.570. The highest BCUT2D eigenvalue weighted by atomic mass is 16.1. The van der Waals surface area contributed by atoms with Crippen LogP contribution in [0.15, 0.2) is 0 Å². The van der Waals surface area contributed by atoms with E-state index in [1.54, 1.807) is 0 Å². The normalized spacial score (nSPS) is 13.0. The van der Waals surface area contributed by atoms with Crippen LogP contribution in [0, 0.1) is 0 Å². The summed E-state index contributed by atoms with van der Waals surface area (Å²) in [5.41, 5.74) is 0. The fourth-order valence-corrected chi connectivity index (χ4v) is 1.36. The lowest BCUT2D eigenvalue weighted by atomic mass is 10.2. The van der Waals surface area contributed by atoms with Gasteiger partial charge in [0.05, 0.1) is 0 Å². The van der Waals surface area contributed by atoms with Crippen LogP contribution < -0.4 is 5.32 Å². The van der Waals surface area contributed by atoms with Gasteiger partial charge in [-0.1, -0.05) is 20.8 Å². The van der Waals surface area contributed by atoms with Crippen molar-refractivity contribution in [2.24, 2.45) is 0 Å². The number of hydrogen-bond donors (Lipinski definition) is 1. The predicted octanol–water partition coefficient (Wildman–Crippen LogP) is 1.24. The molecule has 1 unspecified atom stereocenters. The smallest absolute Gasteiger partial charge is 0.219 e. The van der Waals surface area contributed by atoms with Crippen molar-refractivity contribution in [3.05, 3.63) is 0 Å². The Balaban J connectivity index is 3.71. The summed E-state index contributed by atoms with van der Waals surface area (Å²) in [5, 5.41) is 2.90. The average Bonchev–Trinajstić information content (AvgIpc) is 2.16. The van der Waals surface area contributed by atoms with E-state index in [9.17, 15) is 4.79 Å². The molecule has 0 aromatic rings. The number of nitrogens with zero attached hydrogens (tertiary/aromatic N) is 1. The van der Waals surface area contributed by atoms with Gasteiger partial charge < -0.3 is 5.32 Å². The van der Waals surface area contributed by atoms with Crippen molar-refractivity contribution < 1.29 is 4.79 Å². The molecule has 0 rings (SSSR count). The molecule has 13 heavy (non-hydrogen) atoms.